The van der Waals surface area contributed by atoms with Crippen LogP contribution in [-0.4, -0.2) is 65.0 Å². The summed E-state index contributed by atoms with van der Waals surface area (Å²) in [6, 6.07) is 0. The fourth-order valence-corrected chi connectivity index (χ4v) is 3.09. The SMILES string of the molecule is Cc1c(N2CCC2=O)c(N2CCN(C(=O)OC(C)(C)C)CC2)nn1C. The highest BCUT2D eigenvalue weighted by Crippen LogP contribution is 2.35. The van der Waals surface area contributed by atoms with Gasteiger partial charge in [-0.2, -0.15) is 5.10 Å². The fourth-order valence-electron chi connectivity index (χ4n) is 3.09. The average molecular weight is 349 g/mol. The van der Waals surface area contributed by atoms with Crippen LogP contribution in [0.25, 0.3) is 0 Å². The molecule has 0 spiro atoms. The first-order chi connectivity index (χ1) is 11.7. The van der Waals surface area contributed by atoms with Gasteiger partial charge in [0.15, 0.2) is 5.82 Å². The summed E-state index contributed by atoms with van der Waals surface area (Å²) in [5, 5.41) is 4.61. The van der Waals surface area contributed by atoms with Crippen molar-refractivity contribution in [2.45, 2.75) is 39.7 Å². The van der Waals surface area contributed by atoms with E-state index in [1.807, 2.05) is 39.4 Å². The van der Waals surface area contributed by atoms with Crippen molar-refractivity contribution in [3.63, 3.8) is 0 Å². The number of piperazine rings is 1. The molecule has 0 unspecified atom stereocenters. The first kappa shape index (κ1) is 17.6. The van der Waals surface area contributed by atoms with Crippen LogP contribution in [-0.2, 0) is 16.6 Å². The molecule has 2 aliphatic heterocycles. The van der Waals surface area contributed by atoms with E-state index in [1.54, 1.807) is 9.80 Å². The van der Waals surface area contributed by atoms with Gasteiger partial charge in [0, 0.05) is 46.2 Å². The summed E-state index contributed by atoms with van der Waals surface area (Å²) in [6.07, 6.45) is 0.322. The number of carbonyl (C=O) groups is 2. The molecule has 0 radical (unpaired) electrons. The lowest BCUT2D eigenvalue weighted by molar-refractivity contribution is -0.122. The van der Waals surface area contributed by atoms with Crippen molar-refractivity contribution in [2.75, 3.05) is 42.5 Å². The van der Waals surface area contributed by atoms with Crippen LogP contribution in [0.2, 0.25) is 0 Å². The van der Waals surface area contributed by atoms with Gasteiger partial charge in [0.05, 0.1) is 5.69 Å². The third kappa shape index (κ3) is 3.43. The van der Waals surface area contributed by atoms with Gasteiger partial charge in [0.1, 0.15) is 11.3 Å². The van der Waals surface area contributed by atoms with Gasteiger partial charge in [-0.3, -0.25) is 9.48 Å². The molecule has 2 aliphatic rings. The molecule has 0 N–H and O–H groups in total. The smallest absolute Gasteiger partial charge is 0.410 e. The second-order valence-corrected chi connectivity index (χ2v) is 7.63. The predicted molar refractivity (Wildman–Crippen MR) is 94.9 cm³/mol. The average Bonchev–Trinajstić information content (AvgIpc) is 2.81. The van der Waals surface area contributed by atoms with Gasteiger partial charge in [0.25, 0.3) is 0 Å². The van der Waals surface area contributed by atoms with Crippen LogP contribution in [0.5, 0.6) is 0 Å². The standard InChI is InChI=1S/C17H27N5O3/c1-12-14(22-7-6-13(22)23)15(18-19(12)5)20-8-10-21(11-9-20)16(24)25-17(2,3)4/h6-11H2,1-5H3. The molecular formula is C17H27N5O3. The molecule has 2 amide bonds. The third-order valence-electron chi connectivity index (χ3n) is 4.64. The van der Waals surface area contributed by atoms with Crippen molar-refractivity contribution in [1.82, 2.24) is 14.7 Å². The molecule has 2 saturated heterocycles. The van der Waals surface area contributed by atoms with Gasteiger partial charge in [-0.05, 0) is 27.7 Å². The Morgan fingerprint density at radius 3 is 2.24 bits per heavy atom. The maximum Gasteiger partial charge on any atom is 0.410 e. The van der Waals surface area contributed by atoms with E-state index in [9.17, 15) is 9.59 Å². The molecule has 0 saturated carbocycles. The maximum absolute atomic E-state index is 12.2. The first-order valence-electron chi connectivity index (χ1n) is 8.74. The highest BCUT2D eigenvalue weighted by Gasteiger charge is 2.34. The maximum atomic E-state index is 12.2. The Hall–Kier alpha value is -2.25. The molecule has 8 nitrogen and oxygen atoms in total. The van der Waals surface area contributed by atoms with Gasteiger partial charge >= 0.3 is 6.09 Å². The van der Waals surface area contributed by atoms with Gasteiger partial charge in [-0.1, -0.05) is 0 Å². The first-order valence-corrected chi connectivity index (χ1v) is 8.74. The number of aromatic nitrogens is 2. The molecule has 1 aromatic rings. The summed E-state index contributed by atoms with van der Waals surface area (Å²) in [6.45, 7) is 10.8. The number of rotatable bonds is 2. The Balaban J connectivity index is 1.70. The minimum absolute atomic E-state index is 0.143. The van der Waals surface area contributed by atoms with Crippen LogP contribution in [0.4, 0.5) is 16.3 Å². The van der Waals surface area contributed by atoms with E-state index in [0.717, 1.165) is 23.7 Å². The number of amides is 2. The lowest BCUT2D eigenvalue weighted by Crippen LogP contribution is -2.51. The van der Waals surface area contributed by atoms with E-state index in [1.165, 1.54) is 0 Å². The normalized spacial score (nSPS) is 18.4. The van der Waals surface area contributed by atoms with Crippen LogP contribution in [0.1, 0.15) is 32.9 Å². The third-order valence-corrected chi connectivity index (χ3v) is 4.64. The van der Waals surface area contributed by atoms with Crippen molar-refractivity contribution >= 4 is 23.5 Å². The molecule has 0 aliphatic carbocycles. The van der Waals surface area contributed by atoms with E-state index in [4.69, 9.17) is 4.74 Å². The van der Waals surface area contributed by atoms with Crippen LogP contribution >= 0.6 is 0 Å². The summed E-state index contributed by atoms with van der Waals surface area (Å²) in [5.41, 5.74) is 1.40. The van der Waals surface area contributed by atoms with Crippen molar-refractivity contribution in [3.8, 4) is 0 Å². The Kier molecular flexibility index (Phi) is 4.38. The van der Waals surface area contributed by atoms with Crippen molar-refractivity contribution in [1.29, 1.82) is 0 Å². The monoisotopic (exact) mass is 349 g/mol. The molecule has 8 heteroatoms. The zero-order valence-electron chi connectivity index (χ0n) is 15.7. The zero-order chi connectivity index (χ0) is 18.4. The van der Waals surface area contributed by atoms with E-state index < -0.39 is 5.60 Å². The molecular weight excluding hydrogens is 322 g/mol. The van der Waals surface area contributed by atoms with Crippen molar-refractivity contribution in [3.05, 3.63) is 5.69 Å². The fraction of sp³-hybridized carbons (Fsp3) is 0.706. The predicted octanol–water partition coefficient (Wildman–Crippen LogP) is 1.52. The summed E-state index contributed by atoms with van der Waals surface area (Å²) in [7, 11) is 1.89. The number of aryl methyl sites for hydroxylation is 1. The summed E-state index contributed by atoms with van der Waals surface area (Å²) in [5.74, 6) is 0.974. The van der Waals surface area contributed by atoms with Gasteiger partial charge in [-0.15, -0.1) is 0 Å². The lowest BCUT2D eigenvalue weighted by Gasteiger charge is -2.38. The highest BCUT2D eigenvalue weighted by molar-refractivity contribution is 6.02. The van der Waals surface area contributed by atoms with Crippen molar-refractivity contribution in [2.24, 2.45) is 7.05 Å². The second kappa shape index (κ2) is 6.24. The summed E-state index contributed by atoms with van der Waals surface area (Å²) in [4.78, 5) is 29.8. The van der Waals surface area contributed by atoms with E-state index >= 15 is 0 Å². The number of hydrogen-bond acceptors (Lipinski definition) is 5. The minimum atomic E-state index is -0.489. The molecule has 2 fully saturated rings. The number of hydrogen-bond donors (Lipinski definition) is 0. The van der Waals surface area contributed by atoms with Crippen LogP contribution < -0.4 is 9.80 Å². The lowest BCUT2D eigenvalue weighted by atomic mass is 10.1. The van der Waals surface area contributed by atoms with Gasteiger partial charge in [-0.25, -0.2) is 4.79 Å². The van der Waals surface area contributed by atoms with Gasteiger partial charge in [0.2, 0.25) is 5.91 Å². The molecule has 0 aromatic carbocycles. The Labute approximate surface area is 148 Å². The molecule has 1 aromatic heterocycles. The van der Waals surface area contributed by atoms with E-state index in [-0.39, 0.29) is 12.0 Å². The Bertz CT molecular complexity index is 683. The second-order valence-electron chi connectivity index (χ2n) is 7.63. The van der Waals surface area contributed by atoms with Gasteiger partial charge < -0.3 is 19.4 Å². The number of carbonyl (C=O) groups excluding carboxylic acids is 2. The number of nitrogens with zero attached hydrogens (tertiary/aromatic N) is 5. The van der Waals surface area contributed by atoms with E-state index in [0.29, 0.717) is 32.6 Å². The Morgan fingerprint density at radius 1 is 1.12 bits per heavy atom. The largest absolute Gasteiger partial charge is 0.444 e. The van der Waals surface area contributed by atoms with Crippen LogP contribution in [0.3, 0.4) is 0 Å². The Morgan fingerprint density at radius 2 is 1.76 bits per heavy atom. The molecule has 3 heterocycles. The number of β-lactam (4-membered cyclic amide) rings is 1. The molecule has 3 rings (SSSR count). The summed E-state index contributed by atoms with van der Waals surface area (Å²) >= 11 is 0. The van der Waals surface area contributed by atoms with Crippen LogP contribution in [0.15, 0.2) is 0 Å². The number of ether oxygens (including phenoxy) is 1. The molecule has 25 heavy (non-hydrogen) atoms. The minimum Gasteiger partial charge on any atom is -0.444 e. The molecule has 0 bridgehead atoms. The number of anilines is 2. The highest BCUT2D eigenvalue weighted by atomic mass is 16.6. The van der Waals surface area contributed by atoms with Crippen LogP contribution in [0, 0.1) is 6.92 Å². The molecule has 138 valence electrons. The summed E-state index contributed by atoms with van der Waals surface area (Å²) < 4.78 is 7.26. The quantitative estimate of drug-likeness (QED) is 0.757. The van der Waals surface area contributed by atoms with E-state index in [2.05, 4.69) is 10.00 Å². The van der Waals surface area contributed by atoms with Crippen molar-refractivity contribution < 1.29 is 14.3 Å². The molecule has 0 atom stereocenters. The topological polar surface area (TPSA) is 70.9 Å². The zero-order valence-corrected chi connectivity index (χ0v) is 15.7.